The van der Waals surface area contributed by atoms with Crippen LogP contribution in [0.15, 0.2) is 59.2 Å². The third-order valence-corrected chi connectivity index (χ3v) is 3.69. The molecule has 0 spiro atoms. The molecule has 5 nitrogen and oxygen atoms in total. The van der Waals surface area contributed by atoms with E-state index in [2.05, 4.69) is 10.6 Å². The van der Waals surface area contributed by atoms with Gasteiger partial charge < -0.3 is 15.1 Å². The molecule has 0 aliphatic heterocycles. The Morgan fingerprint density at radius 1 is 0.923 bits per heavy atom. The predicted molar refractivity (Wildman–Crippen MR) is 92.2 cm³/mol. The molecule has 0 unspecified atom stereocenters. The number of para-hydroxylation sites is 1. The molecule has 2 aromatic carbocycles. The molecule has 0 bridgehead atoms. The average molecular weight is 356 g/mol. The van der Waals surface area contributed by atoms with Crippen LogP contribution in [-0.4, -0.2) is 11.8 Å². The molecule has 3 rings (SSSR count). The van der Waals surface area contributed by atoms with Gasteiger partial charge in [-0.25, -0.2) is 8.78 Å². The van der Waals surface area contributed by atoms with E-state index in [1.807, 2.05) is 0 Å². The van der Waals surface area contributed by atoms with Crippen molar-refractivity contribution in [2.75, 3.05) is 10.6 Å². The van der Waals surface area contributed by atoms with Gasteiger partial charge in [-0.15, -0.1) is 0 Å². The molecule has 0 aliphatic carbocycles. The summed E-state index contributed by atoms with van der Waals surface area (Å²) in [6.07, 6.45) is 1.37. The summed E-state index contributed by atoms with van der Waals surface area (Å²) in [4.78, 5) is 24.4. The molecule has 1 aromatic heterocycles. The molecule has 0 fully saturated rings. The van der Waals surface area contributed by atoms with E-state index in [0.717, 1.165) is 12.1 Å². The quantitative estimate of drug-likeness (QED) is 0.729. The number of furan rings is 1. The monoisotopic (exact) mass is 356 g/mol. The minimum atomic E-state index is -0.878. The summed E-state index contributed by atoms with van der Waals surface area (Å²) >= 11 is 0. The van der Waals surface area contributed by atoms with Crippen molar-refractivity contribution < 1.29 is 22.8 Å². The molecule has 0 atom stereocenters. The molecule has 3 aromatic rings. The minimum absolute atomic E-state index is 0.118. The van der Waals surface area contributed by atoms with Gasteiger partial charge in [0.25, 0.3) is 11.8 Å². The van der Waals surface area contributed by atoms with Crippen LogP contribution in [0.3, 0.4) is 0 Å². The second-order valence-electron chi connectivity index (χ2n) is 5.51. The largest absolute Gasteiger partial charge is 0.459 e. The number of hydrogen-bond donors (Lipinski definition) is 2. The SMILES string of the molecule is Cc1ccc(C(=O)Nc2c(F)cccc2F)cc1NC(=O)c1ccco1. The lowest BCUT2D eigenvalue weighted by Crippen LogP contribution is -2.16. The van der Waals surface area contributed by atoms with Crippen LogP contribution in [0.5, 0.6) is 0 Å². The van der Waals surface area contributed by atoms with E-state index in [4.69, 9.17) is 4.42 Å². The number of carbonyl (C=O) groups is 2. The Labute approximate surface area is 147 Å². The summed E-state index contributed by atoms with van der Waals surface area (Å²) < 4.78 is 32.4. The second-order valence-corrected chi connectivity index (χ2v) is 5.51. The number of carbonyl (C=O) groups excluding carboxylic acids is 2. The highest BCUT2D eigenvalue weighted by Gasteiger charge is 2.16. The van der Waals surface area contributed by atoms with E-state index in [-0.39, 0.29) is 11.3 Å². The molecular weight excluding hydrogens is 342 g/mol. The average Bonchev–Trinajstić information content (AvgIpc) is 3.15. The normalized spacial score (nSPS) is 10.4. The van der Waals surface area contributed by atoms with E-state index < -0.39 is 29.1 Å². The Hall–Kier alpha value is -3.48. The highest BCUT2D eigenvalue weighted by molar-refractivity contribution is 6.07. The summed E-state index contributed by atoms with van der Waals surface area (Å²) in [6.45, 7) is 1.75. The summed E-state index contributed by atoms with van der Waals surface area (Å²) in [5.41, 5.74) is 0.693. The fourth-order valence-electron chi connectivity index (χ4n) is 2.29. The molecule has 0 saturated carbocycles. The number of rotatable bonds is 4. The zero-order valence-electron chi connectivity index (χ0n) is 13.7. The first-order chi connectivity index (χ1) is 12.5. The minimum Gasteiger partial charge on any atom is -0.459 e. The Morgan fingerprint density at radius 3 is 2.31 bits per heavy atom. The molecule has 2 amide bonds. The van der Waals surface area contributed by atoms with Gasteiger partial charge in [0.15, 0.2) is 5.76 Å². The molecule has 1 heterocycles. The molecular formula is C19H14F2N2O3. The molecule has 7 heteroatoms. The second kappa shape index (κ2) is 7.18. The lowest BCUT2D eigenvalue weighted by Gasteiger charge is -2.11. The first-order valence-corrected chi connectivity index (χ1v) is 7.66. The smallest absolute Gasteiger partial charge is 0.291 e. The molecule has 0 radical (unpaired) electrons. The van der Waals surface area contributed by atoms with Crippen molar-refractivity contribution in [2.24, 2.45) is 0 Å². The maximum atomic E-state index is 13.7. The number of amides is 2. The van der Waals surface area contributed by atoms with Crippen LogP contribution in [0.25, 0.3) is 0 Å². The molecule has 0 aliphatic rings. The molecule has 2 N–H and O–H groups in total. The van der Waals surface area contributed by atoms with Crippen molar-refractivity contribution in [2.45, 2.75) is 6.92 Å². The standard InChI is InChI=1S/C19H14F2N2O3/c1-11-7-8-12(10-15(11)22-19(25)16-6-3-9-26-16)18(24)23-17-13(20)4-2-5-14(17)21/h2-10H,1H3,(H,22,25)(H,23,24). The lowest BCUT2D eigenvalue weighted by molar-refractivity contribution is 0.0993. The van der Waals surface area contributed by atoms with E-state index in [9.17, 15) is 18.4 Å². The summed E-state index contributed by atoms with van der Waals surface area (Å²) in [6, 6.07) is 10.9. The van der Waals surface area contributed by atoms with Gasteiger partial charge in [-0.3, -0.25) is 9.59 Å². The van der Waals surface area contributed by atoms with Gasteiger partial charge in [0, 0.05) is 11.3 Å². The van der Waals surface area contributed by atoms with Gasteiger partial charge >= 0.3 is 0 Å². The number of nitrogens with one attached hydrogen (secondary N) is 2. The number of benzene rings is 2. The van der Waals surface area contributed by atoms with E-state index in [1.54, 1.807) is 19.1 Å². The van der Waals surface area contributed by atoms with E-state index in [0.29, 0.717) is 11.3 Å². The van der Waals surface area contributed by atoms with Gasteiger partial charge in [-0.1, -0.05) is 12.1 Å². The van der Waals surface area contributed by atoms with Crippen LogP contribution in [-0.2, 0) is 0 Å². The lowest BCUT2D eigenvalue weighted by atomic mass is 10.1. The van der Waals surface area contributed by atoms with Crippen molar-refractivity contribution in [3.8, 4) is 0 Å². The first kappa shape index (κ1) is 17.3. The van der Waals surface area contributed by atoms with Crippen molar-refractivity contribution in [1.82, 2.24) is 0 Å². The molecule has 26 heavy (non-hydrogen) atoms. The van der Waals surface area contributed by atoms with Crippen LogP contribution in [0.1, 0.15) is 26.5 Å². The Balaban J connectivity index is 1.82. The summed E-state index contributed by atoms with van der Waals surface area (Å²) in [7, 11) is 0. The Kier molecular flexibility index (Phi) is 4.79. The van der Waals surface area contributed by atoms with Crippen molar-refractivity contribution >= 4 is 23.2 Å². The molecule has 132 valence electrons. The van der Waals surface area contributed by atoms with Gasteiger partial charge in [-0.2, -0.15) is 0 Å². The van der Waals surface area contributed by atoms with E-state index in [1.165, 1.54) is 30.5 Å². The van der Waals surface area contributed by atoms with E-state index >= 15 is 0 Å². The summed E-state index contributed by atoms with van der Waals surface area (Å²) in [5.74, 6) is -2.82. The fraction of sp³-hybridized carbons (Fsp3) is 0.0526. The van der Waals surface area contributed by atoms with Gasteiger partial charge in [0.2, 0.25) is 0 Å². The zero-order valence-corrected chi connectivity index (χ0v) is 13.7. The first-order valence-electron chi connectivity index (χ1n) is 7.66. The topological polar surface area (TPSA) is 71.3 Å². The Bertz CT molecular complexity index is 949. The van der Waals surface area contributed by atoms with Crippen molar-refractivity contribution in [3.63, 3.8) is 0 Å². The number of hydrogen-bond acceptors (Lipinski definition) is 3. The number of halogens is 2. The van der Waals surface area contributed by atoms with Crippen LogP contribution in [0, 0.1) is 18.6 Å². The predicted octanol–water partition coefficient (Wildman–Crippen LogP) is 4.37. The van der Waals surface area contributed by atoms with Gasteiger partial charge in [0.05, 0.1) is 6.26 Å². The van der Waals surface area contributed by atoms with Gasteiger partial charge in [0.1, 0.15) is 17.3 Å². The third kappa shape index (κ3) is 3.61. The third-order valence-electron chi connectivity index (χ3n) is 3.69. The molecule has 0 saturated heterocycles. The maximum absolute atomic E-state index is 13.7. The highest BCUT2D eigenvalue weighted by Crippen LogP contribution is 2.22. The number of anilines is 2. The summed E-state index contributed by atoms with van der Waals surface area (Å²) in [5, 5.41) is 4.84. The van der Waals surface area contributed by atoms with Crippen molar-refractivity contribution in [3.05, 3.63) is 83.3 Å². The zero-order chi connectivity index (χ0) is 18.7. The highest BCUT2D eigenvalue weighted by atomic mass is 19.1. The number of aryl methyl sites for hydroxylation is 1. The van der Waals surface area contributed by atoms with Gasteiger partial charge in [-0.05, 0) is 48.9 Å². The Morgan fingerprint density at radius 2 is 1.65 bits per heavy atom. The van der Waals surface area contributed by atoms with Crippen LogP contribution < -0.4 is 10.6 Å². The maximum Gasteiger partial charge on any atom is 0.291 e. The van der Waals surface area contributed by atoms with Crippen LogP contribution >= 0.6 is 0 Å². The van der Waals surface area contributed by atoms with Crippen LogP contribution in [0.4, 0.5) is 20.2 Å². The van der Waals surface area contributed by atoms with Crippen LogP contribution in [0.2, 0.25) is 0 Å². The van der Waals surface area contributed by atoms with Crippen molar-refractivity contribution in [1.29, 1.82) is 0 Å². The fourth-order valence-corrected chi connectivity index (χ4v) is 2.29.